The highest BCUT2D eigenvalue weighted by Gasteiger charge is 2.20. The molecule has 0 radical (unpaired) electrons. The zero-order chi connectivity index (χ0) is 20.1. The largest absolute Gasteiger partial charge is 0.493 e. The maximum Gasteiger partial charge on any atom is 0.246 e. The molecule has 2 aromatic carbocycles. The van der Waals surface area contributed by atoms with Crippen LogP contribution in [0.5, 0.6) is 11.5 Å². The second-order valence-electron chi connectivity index (χ2n) is 6.67. The van der Waals surface area contributed by atoms with Crippen molar-refractivity contribution in [3.8, 4) is 11.5 Å². The van der Waals surface area contributed by atoms with E-state index in [1.165, 1.54) is 11.3 Å². The van der Waals surface area contributed by atoms with Crippen LogP contribution in [0.4, 0.5) is 5.69 Å². The minimum atomic E-state index is -0.00431. The van der Waals surface area contributed by atoms with Gasteiger partial charge in [-0.2, -0.15) is 0 Å². The molecule has 0 atom stereocenters. The van der Waals surface area contributed by atoms with Crippen LogP contribution in [0.3, 0.4) is 0 Å². The summed E-state index contributed by atoms with van der Waals surface area (Å²) in [6.45, 7) is 5.16. The number of aryl methyl sites for hydroxylation is 1. The highest BCUT2D eigenvalue weighted by atomic mass is 35.5. The Kier molecular flexibility index (Phi) is 6.47. The average molecular weight is 401 g/mol. The fourth-order valence-corrected chi connectivity index (χ4v) is 3.69. The minimum Gasteiger partial charge on any atom is -0.493 e. The first-order chi connectivity index (χ1) is 13.5. The quantitative estimate of drug-likeness (QED) is 0.711. The number of anilines is 1. The average Bonchev–Trinajstić information content (AvgIpc) is 2.72. The predicted octanol–water partition coefficient (Wildman–Crippen LogP) is 4.03. The zero-order valence-corrected chi connectivity index (χ0v) is 17.2. The summed E-state index contributed by atoms with van der Waals surface area (Å²) in [5.74, 6) is 1.02. The van der Waals surface area contributed by atoms with E-state index in [-0.39, 0.29) is 5.91 Å². The molecule has 3 rings (SSSR count). The maximum atomic E-state index is 12.6. The van der Waals surface area contributed by atoms with Crippen molar-refractivity contribution in [2.24, 2.45) is 0 Å². The highest BCUT2D eigenvalue weighted by molar-refractivity contribution is 6.32. The smallest absolute Gasteiger partial charge is 0.246 e. The number of piperazine rings is 1. The van der Waals surface area contributed by atoms with E-state index in [0.29, 0.717) is 29.6 Å². The lowest BCUT2D eigenvalue weighted by Gasteiger charge is -2.36. The summed E-state index contributed by atoms with van der Waals surface area (Å²) in [6, 6.07) is 11.9. The molecule has 148 valence electrons. The Labute approximate surface area is 171 Å². The molecule has 2 aromatic rings. The number of methoxy groups -OCH3 is 2. The number of hydrogen-bond donors (Lipinski definition) is 0. The number of ether oxygens (including phenoxy) is 2. The van der Waals surface area contributed by atoms with Gasteiger partial charge in [0, 0.05) is 37.9 Å². The Morgan fingerprint density at radius 1 is 1.07 bits per heavy atom. The van der Waals surface area contributed by atoms with Crippen LogP contribution in [-0.2, 0) is 4.79 Å². The number of hydrogen-bond acceptors (Lipinski definition) is 4. The second-order valence-corrected chi connectivity index (χ2v) is 7.08. The van der Waals surface area contributed by atoms with Crippen molar-refractivity contribution in [3.63, 3.8) is 0 Å². The van der Waals surface area contributed by atoms with Crippen LogP contribution in [0.2, 0.25) is 5.02 Å². The van der Waals surface area contributed by atoms with Crippen LogP contribution in [-0.4, -0.2) is 51.2 Å². The van der Waals surface area contributed by atoms with Crippen molar-refractivity contribution in [1.82, 2.24) is 4.90 Å². The van der Waals surface area contributed by atoms with E-state index < -0.39 is 0 Å². The van der Waals surface area contributed by atoms with Gasteiger partial charge in [0.15, 0.2) is 11.5 Å². The first kappa shape index (κ1) is 20.1. The highest BCUT2D eigenvalue weighted by Crippen LogP contribution is 2.36. The van der Waals surface area contributed by atoms with Gasteiger partial charge in [0.25, 0.3) is 0 Å². The number of amides is 1. The number of nitrogens with zero attached hydrogens (tertiary/aromatic N) is 2. The maximum absolute atomic E-state index is 12.6. The number of halogens is 1. The molecule has 0 spiro atoms. The number of carbonyl (C=O) groups excluding carboxylic acids is 1. The van der Waals surface area contributed by atoms with Gasteiger partial charge in [0.1, 0.15) is 0 Å². The Balaban J connectivity index is 1.63. The molecule has 0 bridgehead atoms. The zero-order valence-electron chi connectivity index (χ0n) is 16.4. The van der Waals surface area contributed by atoms with Crippen molar-refractivity contribution in [1.29, 1.82) is 0 Å². The third-order valence-corrected chi connectivity index (χ3v) is 5.20. The molecule has 1 aliphatic rings. The molecule has 0 aliphatic carbocycles. The van der Waals surface area contributed by atoms with Gasteiger partial charge in [-0.15, -0.1) is 0 Å². The summed E-state index contributed by atoms with van der Waals surface area (Å²) < 4.78 is 10.5. The minimum absolute atomic E-state index is 0.00431. The van der Waals surface area contributed by atoms with Crippen molar-refractivity contribution < 1.29 is 14.3 Å². The molecule has 1 amide bonds. The molecule has 1 aliphatic heterocycles. The van der Waals surface area contributed by atoms with Gasteiger partial charge in [0.05, 0.1) is 19.2 Å². The van der Waals surface area contributed by atoms with Crippen molar-refractivity contribution in [2.75, 3.05) is 45.3 Å². The summed E-state index contributed by atoms with van der Waals surface area (Å²) in [4.78, 5) is 16.8. The van der Waals surface area contributed by atoms with E-state index in [1.54, 1.807) is 38.5 Å². The van der Waals surface area contributed by atoms with Crippen LogP contribution in [0.25, 0.3) is 6.08 Å². The number of para-hydroxylation sites is 1. The molecule has 1 heterocycles. The second kappa shape index (κ2) is 9.02. The lowest BCUT2D eigenvalue weighted by atomic mass is 10.1. The van der Waals surface area contributed by atoms with Gasteiger partial charge < -0.3 is 19.3 Å². The van der Waals surface area contributed by atoms with Crippen molar-refractivity contribution in [2.45, 2.75) is 6.92 Å². The van der Waals surface area contributed by atoms with Crippen LogP contribution >= 0.6 is 11.6 Å². The van der Waals surface area contributed by atoms with Crippen LogP contribution in [0.15, 0.2) is 42.5 Å². The summed E-state index contributed by atoms with van der Waals surface area (Å²) >= 11 is 6.22. The van der Waals surface area contributed by atoms with Crippen molar-refractivity contribution in [3.05, 3.63) is 58.6 Å². The van der Waals surface area contributed by atoms with E-state index in [9.17, 15) is 4.79 Å². The first-order valence-corrected chi connectivity index (χ1v) is 9.60. The first-order valence-electron chi connectivity index (χ1n) is 9.22. The Morgan fingerprint density at radius 2 is 1.79 bits per heavy atom. The van der Waals surface area contributed by atoms with Crippen molar-refractivity contribution >= 4 is 29.3 Å². The molecule has 0 N–H and O–H groups in total. The lowest BCUT2D eigenvalue weighted by Crippen LogP contribution is -2.48. The molecule has 0 aromatic heterocycles. The third-order valence-electron chi connectivity index (χ3n) is 4.92. The van der Waals surface area contributed by atoms with Gasteiger partial charge in [-0.1, -0.05) is 29.8 Å². The molecular formula is C22H25ClN2O3. The van der Waals surface area contributed by atoms with E-state index in [0.717, 1.165) is 18.7 Å². The molecule has 5 nitrogen and oxygen atoms in total. The standard InChI is InChI=1S/C22H25ClN2O3/c1-16-6-4-5-7-19(16)24-10-12-25(13-11-24)21(26)9-8-17-14-18(23)22(28-3)20(15-17)27-2/h4-9,14-15H,10-13H2,1-3H3/b9-8+. The SMILES string of the molecule is COc1cc(/C=C/C(=O)N2CCN(c3ccccc3C)CC2)cc(Cl)c1OC. The summed E-state index contributed by atoms with van der Waals surface area (Å²) in [5, 5.41) is 0.445. The Bertz CT molecular complexity index is 874. The van der Waals surface area contributed by atoms with Gasteiger partial charge in [-0.05, 0) is 42.3 Å². The van der Waals surface area contributed by atoms with Crippen LogP contribution in [0.1, 0.15) is 11.1 Å². The van der Waals surface area contributed by atoms with Gasteiger partial charge in [-0.3, -0.25) is 4.79 Å². The molecule has 0 unspecified atom stereocenters. The van der Waals surface area contributed by atoms with E-state index in [2.05, 4.69) is 30.0 Å². The van der Waals surface area contributed by atoms with E-state index in [4.69, 9.17) is 21.1 Å². The molecule has 6 heteroatoms. The fourth-order valence-electron chi connectivity index (χ4n) is 3.39. The van der Waals surface area contributed by atoms with Gasteiger partial charge in [-0.25, -0.2) is 0 Å². The lowest BCUT2D eigenvalue weighted by molar-refractivity contribution is -0.126. The molecule has 0 saturated carbocycles. The molecule has 1 fully saturated rings. The normalized spacial score (nSPS) is 14.4. The van der Waals surface area contributed by atoms with Gasteiger partial charge >= 0.3 is 0 Å². The fraction of sp³-hybridized carbons (Fsp3) is 0.318. The molecule has 1 saturated heterocycles. The predicted molar refractivity (Wildman–Crippen MR) is 114 cm³/mol. The Hall–Kier alpha value is -2.66. The number of benzene rings is 2. The molecule has 28 heavy (non-hydrogen) atoms. The third kappa shape index (κ3) is 4.42. The summed E-state index contributed by atoms with van der Waals surface area (Å²) in [5.41, 5.74) is 3.28. The van der Waals surface area contributed by atoms with Crippen LogP contribution < -0.4 is 14.4 Å². The number of rotatable bonds is 5. The van der Waals surface area contributed by atoms with E-state index in [1.807, 2.05) is 11.0 Å². The molecular weight excluding hydrogens is 376 g/mol. The Morgan fingerprint density at radius 3 is 2.43 bits per heavy atom. The summed E-state index contributed by atoms with van der Waals surface area (Å²) in [6.07, 6.45) is 3.34. The number of carbonyl (C=O) groups is 1. The summed E-state index contributed by atoms with van der Waals surface area (Å²) in [7, 11) is 3.10. The monoisotopic (exact) mass is 400 g/mol. The van der Waals surface area contributed by atoms with Gasteiger partial charge in [0.2, 0.25) is 5.91 Å². The van der Waals surface area contributed by atoms with E-state index >= 15 is 0 Å². The van der Waals surface area contributed by atoms with Crippen LogP contribution in [0, 0.1) is 6.92 Å². The topological polar surface area (TPSA) is 42.0 Å².